The van der Waals surface area contributed by atoms with Crippen molar-refractivity contribution in [1.82, 2.24) is 0 Å². The number of fused-ring (bicyclic) bond motifs is 1. The lowest BCUT2D eigenvalue weighted by atomic mass is 10.1. The Morgan fingerprint density at radius 3 is 3.08 bits per heavy atom. The van der Waals surface area contributed by atoms with Crippen molar-refractivity contribution < 1.29 is 13.6 Å². The summed E-state index contributed by atoms with van der Waals surface area (Å²) in [6.07, 6.45) is 3.88. The van der Waals surface area contributed by atoms with E-state index >= 15 is 0 Å². The van der Waals surface area contributed by atoms with Crippen molar-refractivity contribution >= 4 is 18.5 Å². The second-order valence-electron chi connectivity index (χ2n) is 3.26. The Kier molecular flexibility index (Phi) is 2.54. The van der Waals surface area contributed by atoms with E-state index in [9.17, 15) is 0 Å². The molecule has 0 aromatic carbocycles. The van der Waals surface area contributed by atoms with Gasteiger partial charge in [-0.05, 0) is 24.6 Å². The highest BCUT2D eigenvalue weighted by molar-refractivity contribution is 8.07. The summed E-state index contributed by atoms with van der Waals surface area (Å²) in [6.45, 7) is -1.60. The lowest BCUT2D eigenvalue weighted by Crippen LogP contribution is -2.27. The van der Waals surface area contributed by atoms with Gasteiger partial charge >= 0.3 is 6.72 Å². The predicted molar refractivity (Wildman–Crippen MR) is 49.5 cm³/mol. The van der Waals surface area contributed by atoms with Crippen molar-refractivity contribution in [2.45, 2.75) is 25.4 Å². The van der Waals surface area contributed by atoms with Gasteiger partial charge in [0.05, 0.1) is 12.7 Å². The minimum atomic E-state index is -2.33. The summed E-state index contributed by atoms with van der Waals surface area (Å²) >= 11 is 5.12. The van der Waals surface area contributed by atoms with Crippen LogP contribution in [0.5, 0.6) is 0 Å². The molecule has 0 radical (unpaired) electrons. The fraction of sp³-hybridized carbons (Fsp3) is 1.00. The molecule has 0 bridgehead atoms. The largest absolute Gasteiger partial charge is 0.327 e. The Hall–Kier alpha value is 0.530. The first-order chi connectivity index (χ1) is 5.73. The first-order valence-corrected chi connectivity index (χ1v) is 6.78. The average Bonchev–Trinajstić information content (AvgIpc) is 2.51. The molecule has 1 aliphatic heterocycles. The van der Waals surface area contributed by atoms with Crippen LogP contribution in [0.2, 0.25) is 0 Å². The van der Waals surface area contributed by atoms with Crippen LogP contribution in [0.4, 0.5) is 0 Å². The van der Waals surface area contributed by atoms with Gasteiger partial charge in [0.15, 0.2) is 0 Å². The maximum absolute atomic E-state index is 5.63. The first-order valence-electron chi connectivity index (χ1n) is 4.22. The highest BCUT2D eigenvalue weighted by Gasteiger charge is 2.39. The monoisotopic (exact) mass is 208 g/mol. The molecular weight excluding hydrogens is 195 g/mol. The van der Waals surface area contributed by atoms with Gasteiger partial charge in [-0.3, -0.25) is 0 Å². The van der Waals surface area contributed by atoms with Crippen LogP contribution >= 0.6 is 6.72 Å². The van der Waals surface area contributed by atoms with E-state index in [4.69, 9.17) is 25.4 Å². The summed E-state index contributed by atoms with van der Waals surface area (Å²) in [5, 5.41) is 0. The lowest BCUT2D eigenvalue weighted by Gasteiger charge is -2.32. The molecule has 0 aromatic heterocycles. The molecule has 3 nitrogen and oxygen atoms in total. The van der Waals surface area contributed by atoms with E-state index in [1.807, 2.05) is 0 Å². The van der Waals surface area contributed by atoms with Crippen LogP contribution in [0, 0.1) is 5.92 Å². The summed E-state index contributed by atoms with van der Waals surface area (Å²) < 4.78 is 16.1. The molecule has 2 aliphatic rings. The Balaban J connectivity index is 2.05. The zero-order valence-corrected chi connectivity index (χ0v) is 8.77. The molecule has 2 fully saturated rings. The summed E-state index contributed by atoms with van der Waals surface area (Å²) in [7, 11) is 1.57. The molecule has 1 saturated carbocycles. The molecule has 0 spiro atoms. The quantitative estimate of drug-likeness (QED) is 0.616. The van der Waals surface area contributed by atoms with Crippen LogP contribution in [-0.2, 0) is 25.4 Å². The van der Waals surface area contributed by atoms with Crippen LogP contribution in [0.15, 0.2) is 0 Å². The van der Waals surface area contributed by atoms with E-state index in [1.54, 1.807) is 7.11 Å². The van der Waals surface area contributed by atoms with Gasteiger partial charge in [-0.25, -0.2) is 0 Å². The minimum Gasteiger partial charge on any atom is -0.312 e. The van der Waals surface area contributed by atoms with Crippen LogP contribution in [-0.4, -0.2) is 19.8 Å². The van der Waals surface area contributed by atoms with E-state index in [1.165, 1.54) is 12.8 Å². The van der Waals surface area contributed by atoms with Gasteiger partial charge in [0.25, 0.3) is 0 Å². The average molecular weight is 208 g/mol. The zero-order chi connectivity index (χ0) is 8.60. The van der Waals surface area contributed by atoms with Crippen LogP contribution in [0.1, 0.15) is 19.3 Å². The first kappa shape index (κ1) is 9.10. The Morgan fingerprint density at radius 2 is 2.33 bits per heavy atom. The van der Waals surface area contributed by atoms with Crippen molar-refractivity contribution in [3.05, 3.63) is 0 Å². The normalized spacial score (nSPS) is 47.4. The molecule has 70 valence electrons. The second kappa shape index (κ2) is 3.35. The second-order valence-corrected chi connectivity index (χ2v) is 6.33. The van der Waals surface area contributed by atoms with Gasteiger partial charge in [0, 0.05) is 13.0 Å². The van der Waals surface area contributed by atoms with Crippen molar-refractivity contribution in [2.24, 2.45) is 5.92 Å². The van der Waals surface area contributed by atoms with E-state index < -0.39 is 6.72 Å². The molecule has 5 heteroatoms. The molecule has 12 heavy (non-hydrogen) atoms. The predicted octanol–water partition coefficient (Wildman–Crippen LogP) is 2.07. The molecule has 0 N–H and O–H groups in total. The van der Waals surface area contributed by atoms with E-state index in [2.05, 4.69) is 0 Å². The summed E-state index contributed by atoms with van der Waals surface area (Å²) in [5.74, 6) is 0.566. The summed E-state index contributed by atoms with van der Waals surface area (Å²) in [4.78, 5) is 0. The molecule has 1 saturated heterocycles. The Labute approximate surface area is 77.6 Å². The number of hydrogen-bond donors (Lipinski definition) is 0. The van der Waals surface area contributed by atoms with Crippen LogP contribution in [0.25, 0.3) is 0 Å². The fourth-order valence-corrected chi connectivity index (χ4v) is 3.56. The van der Waals surface area contributed by atoms with Gasteiger partial charge in [0.1, 0.15) is 0 Å². The van der Waals surface area contributed by atoms with E-state index in [0.717, 1.165) is 13.0 Å². The molecule has 3 atom stereocenters. The van der Waals surface area contributed by atoms with Crippen molar-refractivity contribution in [2.75, 3.05) is 13.7 Å². The third-order valence-corrected chi connectivity index (χ3v) is 4.99. The minimum absolute atomic E-state index is 0.310. The molecule has 1 heterocycles. The standard InChI is InChI=1S/C7H13O3PS/c1-8-11(12)9-5-6-3-2-4-7(6)10-11/h6-7H,2-5H2,1H3/t6-,7-,11+/m1/s1. The maximum atomic E-state index is 5.63. The third-order valence-electron chi connectivity index (χ3n) is 2.52. The molecule has 0 amide bonds. The smallest absolute Gasteiger partial charge is 0.312 e. The van der Waals surface area contributed by atoms with E-state index in [0.29, 0.717) is 12.0 Å². The third kappa shape index (κ3) is 1.59. The van der Waals surface area contributed by atoms with Gasteiger partial charge in [-0.15, -0.1) is 0 Å². The number of hydrogen-bond acceptors (Lipinski definition) is 4. The van der Waals surface area contributed by atoms with Crippen LogP contribution in [0.3, 0.4) is 0 Å². The van der Waals surface area contributed by atoms with Gasteiger partial charge < -0.3 is 13.6 Å². The molecule has 2 rings (SSSR count). The highest BCUT2D eigenvalue weighted by Crippen LogP contribution is 2.56. The Morgan fingerprint density at radius 1 is 1.50 bits per heavy atom. The summed E-state index contributed by atoms with van der Waals surface area (Å²) in [6, 6.07) is 0. The van der Waals surface area contributed by atoms with Gasteiger partial charge in [-0.2, -0.15) is 0 Å². The fourth-order valence-electron chi connectivity index (χ4n) is 1.81. The van der Waals surface area contributed by atoms with Crippen molar-refractivity contribution in [3.8, 4) is 0 Å². The Bertz CT molecular complexity index is 221. The maximum Gasteiger partial charge on any atom is 0.327 e. The molecule has 0 aromatic rings. The van der Waals surface area contributed by atoms with Crippen molar-refractivity contribution in [1.29, 1.82) is 0 Å². The zero-order valence-electron chi connectivity index (χ0n) is 7.06. The van der Waals surface area contributed by atoms with Crippen molar-refractivity contribution in [3.63, 3.8) is 0 Å². The topological polar surface area (TPSA) is 27.7 Å². The number of rotatable bonds is 1. The van der Waals surface area contributed by atoms with Crippen LogP contribution < -0.4 is 0 Å². The lowest BCUT2D eigenvalue weighted by molar-refractivity contribution is 0.0344. The molecule has 0 unspecified atom stereocenters. The molecular formula is C7H13O3PS. The van der Waals surface area contributed by atoms with Gasteiger partial charge in [0.2, 0.25) is 0 Å². The van der Waals surface area contributed by atoms with E-state index in [-0.39, 0.29) is 0 Å². The van der Waals surface area contributed by atoms with Gasteiger partial charge in [-0.1, -0.05) is 6.42 Å². The SMILES string of the molecule is CO[P@]1(=S)OC[C@H]2CCC[C@H]2O1. The molecule has 1 aliphatic carbocycles. The highest BCUT2D eigenvalue weighted by atomic mass is 32.5. The summed E-state index contributed by atoms with van der Waals surface area (Å²) in [5.41, 5.74) is 0.